The molecule has 1 aliphatic carbocycles. The highest BCUT2D eigenvalue weighted by Gasteiger charge is 2.24. The van der Waals surface area contributed by atoms with Crippen LogP contribution in [0.4, 0.5) is 16.6 Å². The minimum atomic E-state index is -0.225. The van der Waals surface area contributed by atoms with Crippen molar-refractivity contribution in [3.8, 4) is 0 Å². The van der Waals surface area contributed by atoms with Gasteiger partial charge in [-0.1, -0.05) is 12.8 Å². The van der Waals surface area contributed by atoms with Gasteiger partial charge in [-0.25, -0.2) is 4.79 Å². The zero-order valence-corrected chi connectivity index (χ0v) is 14.2. The predicted octanol–water partition coefficient (Wildman–Crippen LogP) is 2.26. The Morgan fingerprint density at radius 1 is 1.21 bits per heavy atom. The Morgan fingerprint density at radius 2 is 1.92 bits per heavy atom. The summed E-state index contributed by atoms with van der Waals surface area (Å²) in [6.45, 7) is 3.61. The van der Waals surface area contributed by atoms with E-state index in [9.17, 15) is 4.79 Å². The van der Waals surface area contributed by atoms with E-state index in [1.54, 1.807) is 11.1 Å². The second kappa shape index (κ2) is 8.12. The second-order valence-corrected chi connectivity index (χ2v) is 6.40. The number of carbonyl (C=O) groups excluding carboxylic acids is 1. The molecule has 0 atom stereocenters. The molecule has 1 aliphatic heterocycles. The van der Waals surface area contributed by atoms with Crippen LogP contribution in [0.3, 0.4) is 0 Å². The molecule has 0 spiro atoms. The Kier molecular flexibility index (Phi) is 5.66. The standard InChI is InChI=1S/C16H26N6O2/c1-2-24-16(23)22-9-7-13(8-10-22)19-15-20-14(11-17-21-15)18-12-5-3-4-6-12/h11-13H,2-10H2,1H3,(H2,18,19,20,21). The number of anilines is 2. The van der Waals surface area contributed by atoms with Gasteiger partial charge in [0.05, 0.1) is 12.8 Å². The van der Waals surface area contributed by atoms with E-state index in [0.717, 1.165) is 18.7 Å². The van der Waals surface area contributed by atoms with Crippen molar-refractivity contribution in [2.45, 2.75) is 57.5 Å². The maximum atomic E-state index is 11.7. The van der Waals surface area contributed by atoms with E-state index < -0.39 is 0 Å². The maximum absolute atomic E-state index is 11.7. The number of aromatic nitrogens is 3. The van der Waals surface area contributed by atoms with Gasteiger partial charge in [0.25, 0.3) is 0 Å². The summed E-state index contributed by atoms with van der Waals surface area (Å²) in [7, 11) is 0. The monoisotopic (exact) mass is 334 g/mol. The largest absolute Gasteiger partial charge is 0.450 e. The molecule has 24 heavy (non-hydrogen) atoms. The summed E-state index contributed by atoms with van der Waals surface area (Å²) in [5, 5.41) is 14.9. The highest BCUT2D eigenvalue weighted by Crippen LogP contribution is 2.21. The summed E-state index contributed by atoms with van der Waals surface area (Å²) in [5.74, 6) is 1.33. The molecule has 2 heterocycles. The average Bonchev–Trinajstić information content (AvgIpc) is 3.09. The van der Waals surface area contributed by atoms with Crippen LogP contribution in [-0.2, 0) is 4.74 Å². The molecule has 1 aromatic rings. The Bertz CT molecular complexity index is 541. The van der Waals surface area contributed by atoms with Gasteiger partial charge < -0.3 is 20.3 Å². The normalized spacial score (nSPS) is 19.3. The molecule has 1 amide bonds. The highest BCUT2D eigenvalue weighted by atomic mass is 16.6. The fourth-order valence-electron chi connectivity index (χ4n) is 3.32. The van der Waals surface area contributed by atoms with Crippen LogP contribution in [0.1, 0.15) is 45.4 Å². The van der Waals surface area contributed by atoms with Crippen LogP contribution in [-0.4, -0.2) is 58.0 Å². The summed E-state index contributed by atoms with van der Waals surface area (Å²) in [4.78, 5) is 18.0. The lowest BCUT2D eigenvalue weighted by molar-refractivity contribution is 0.0983. The first-order valence-corrected chi connectivity index (χ1v) is 8.89. The number of hydrogen-bond donors (Lipinski definition) is 2. The molecule has 132 valence electrons. The van der Waals surface area contributed by atoms with Crippen molar-refractivity contribution in [1.29, 1.82) is 0 Å². The van der Waals surface area contributed by atoms with Crippen molar-refractivity contribution < 1.29 is 9.53 Å². The molecule has 0 radical (unpaired) electrons. The van der Waals surface area contributed by atoms with E-state index in [0.29, 0.717) is 31.7 Å². The lowest BCUT2D eigenvalue weighted by atomic mass is 10.1. The van der Waals surface area contributed by atoms with Crippen LogP contribution >= 0.6 is 0 Å². The molecule has 8 heteroatoms. The third-order valence-electron chi connectivity index (χ3n) is 4.62. The number of nitrogens with one attached hydrogen (secondary N) is 2. The van der Waals surface area contributed by atoms with Crippen LogP contribution in [0.25, 0.3) is 0 Å². The van der Waals surface area contributed by atoms with Crippen molar-refractivity contribution in [3.63, 3.8) is 0 Å². The molecule has 0 bridgehead atoms. The van der Waals surface area contributed by atoms with E-state index in [2.05, 4.69) is 25.8 Å². The van der Waals surface area contributed by atoms with Crippen molar-refractivity contribution >= 4 is 17.9 Å². The van der Waals surface area contributed by atoms with Crippen molar-refractivity contribution in [1.82, 2.24) is 20.1 Å². The number of rotatable bonds is 5. The van der Waals surface area contributed by atoms with Gasteiger partial charge in [0, 0.05) is 25.2 Å². The number of hydrogen-bond acceptors (Lipinski definition) is 7. The first kappa shape index (κ1) is 16.7. The molecule has 3 rings (SSSR count). The van der Waals surface area contributed by atoms with E-state index >= 15 is 0 Å². The number of ether oxygens (including phenoxy) is 1. The van der Waals surface area contributed by atoms with Gasteiger partial charge in [-0.2, -0.15) is 10.1 Å². The molecule has 2 aliphatic rings. The number of amides is 1. The van der Waals surface area contributed by atoms with Gasteiger partial charge in [0.1, 0.15) is 0 Å². The first-order chi connectivity index (χ1) is 11.7. The highest BCUT2D eigenvalue weighted by molar-refractivity contribution is 5.67. The molecule has 1 saturated heterocycles. The van der Waals surface area contributed by atoms with Crippen molar-refractivity contribution in [2.24, 2.45) is 0 Å². The van der Waals surface area contributed by atoms with Gasteiger partial charge in [-0.05, 0) is 32.6 Å². The molecule has 1 aromatic heterocycles. The zero-order valence-electron chi connectivity index (χ0n) is 14.2. The second-order valence-electron chi connectivity index (χ2n) is 6.40. The molecule has 2 N–H and O–H groups in total. The van der Waals surface area contributed by atoms with Gasteiger partial charge in [-0.15, -0.1) is 5.10 Å². The van der Waals surface area contributed by atoms with Gasteiger partial charge in [0.2, 0.25) is 5.95 Å². The molecule has 0 aromatic carbocycles. The van der Waals surface area contributed by atoms with Gasteiger partial charge in [0.15, 0.2) is 5.82 Å². The topological polar surface area (TPSA) is 92.3 Å². The van der Waals surface area contributed by atoms with Crippen LogP contribution in [0.5, 0.6) is 0 Å². The smallest absolute Gasteiger partial charge is 0.409 e. The number of nitrogens with zero attached hydrogens (tertiary/aromatic N) is 4. The van der Waals surface area contributed by atoms with Gasteiger partial charge in [-0.3, -0.25) is 0 Å². The van der Waals surface area contributed by atoms with Crippen LogP contribution in [0.15, 0.2) is 6.20 Å². The van der Waals surface area contributed by atoms with E-state index in [1.807, 2.05) is 6.92 Å². The average molecular weight is 334 g/mol. The van der Waals surface area contributed by atoms with E-state index in [1.165, 1.54) is 25.7 Å². The Hall–Kier alpha value is -2.12. The van der Waals surface area contributed by atoms with Crippen LogP contribution < -0.4 is 10.6 Å². The van der Waals surface area contributed by atoms with Crippen LogP contribution in [0, 0.1) is 0 Å². The van der Waals surface area contributed by atoms with Gasteiger partial charge >= 0.3 is 6.09 Å². The predicted molar refractivity (Wildman–Crippen MR) is 90.9 cm³/mol. The third kappa shape index (κ3) is 4.46. The number of likely N-dealkylation sites (tertiary alicyclic amines) is 1. The number of piperidine rings is 1. The molecule has 0 unspecified atom stereocenters. The fourth-order valence-corrected chi connectivity index (χ4v) is 3.32. The third-order valence-corrected chi connectivity index (χ3v) is 4.62. The first-order valence-electron chi connectivity index (χ1n) is 8.89. The fraction of sp³-hybridized carbons (Fsp3) is 0.750. The molecule has 1 saturated carbocycles. The van der Waals surface area contributed by atoms with E-state index in [-0.39, 0.29) is 12.1 Å². The maximum Gasteiger partial charge on any atom is 0.409 e. The SMILES string of the molecule is CCOC(=O)N1CCC(Nc2nncc(NC3CCCC3)n2)CC1. The number of carbonyl (C=O) groups is 1. The quantitative estimate of drug-likeness (QED) is 0.853. The summed E-state index contributed by atoms with van der Waals surface area (Å²) in [6, 6.07) is 0.751. The zero-order chi connectivity index (χ0) is 16.8. The lowest BCUT2D eigenvalue weighted by Gasteiger charge is -2.31. The summed E-state index contributed by atoms with van der Waals surface area (Å²) in [6.07, 6.45) is 8.09. The van der Waals surface area contributed by atoms with Crippen molar-refractivity contribution in [2.75, 3.05) is 30.3 Å². The van der Waals surface area contributed by atoms with Crippen molar-refractivity contribution in [3.05, 3.63) is 6.20 Å². The summed E-state index contributed by atoms with van der Waals surface area (Å²) < 4.78 is 5.04. The molecule has 8 nitrogen and oxygen atoms in total. The Labute approximate surface area is 142 Å². The molecular formula is C16H26N6O2. The Morgan fingerprint density at radius 3 is 2.62 bits per heavy atom. The molecular weight excluding hydrogens is 308 g/mol. The summed E-state index contributed by atoms with van der Waals surface area (Å²) in [5.41, 5.74) is 0. The minimum absolute atomic E-state index is 0.225. The summed E-state index contributed by atoms with van der Waals surface area (Å²) >= 11 is 0. The lowest BCUT2D eigenvalue weighted by Crippen LogP contribution is -2.42. The van der Waals surface area contributed by atoms with Crippen LogP contribution in [0.2, 0.25) is 0 Å². The minimum Gasteiger partial charge on any atom is -0.450 e. The van der Waals surface area contributed by atoms with E-state index in [4.69, 9.17) is 4.74 Å². The Balaban J connectivity index is 1.49. The molecule has 2 fully saturated rings.